The van der Waals surface area contributed by atoms with Crippen molar-refractivity contribution in [3.8, 4) is 0 Å². The number of allylic oxidation sites excluding steroid dienone is 1. The maximum absolute atomic E-state index is 13.0. The molecule has 0 aliphatic carbocycles. The molecule has 0 aliphatic rings. The molecule has 9 heavy (non-hydrogen) atoms. The summed E-state index contributed by atoms with van der Waals surface area (Å²) in [5, 5.41) is 0. The lowest BCUT2D eigenvalue weighted by Gasteiger charge is -2.17. The Kier molecular flexibility index (Phi) is 4.05. The van der Waals surface area contributed by atoms with E-state index in [2.05, 4.69) is 0 Å². The van der Waals surface area contributed by atoms with E-state index in [1.165, 1.54) is 18.5 Å². The number of halogens is 3. The van der Waals surface area contributed by atoms with Crippen LogP contribution in [-0.2, 0) is 0 Å². The van der Waals surface area contributed by atoms with Gasteiger partial charge in [-0.3, -0.25) is 0 Å². The van der Waals surface area contributed by atoms with Gasteiger partial charge in [-0.05, 0) is 19.9 Å². The summed E-state index contributed by atoms with van der Waals surface area (Å²) >= 11 is 7.23. The molecule has 3 heteroatoms. The Hall–Kier alpha value is 0.690. The lowest BCUT2D eigenvalue weighted by atomic mass is 10.1. The van der Waals surface area contributed by atoms with Gasteiger partial charge in [0.15, 0.2) is 0 Å². The van der Waals surface area contributed by atoms with Gasteiger partial charge in [0.1, 0.15) is 5.67 Å². The second-order valence-electron chi connectivity index (χ2n) is 2.06. The first-order chi connectivity index (χ1) is 4.00. The Balaban J connectivity index is 4.01. The minimum absolute atomic E-state index is 0.0508. The van der Waals surface area contributed by atoms with Crippen LogP contribution >= 0.6 is 34.2 Å². The minimum Gasteiger partial charge on any atom is -0.238 e. The Labute approximate surface area is 73.6 Å². The zero-order valence-corrected chi connectivity index (χ0v) is 8.28. The van der Waals surface area contributed by atoms with E-state index in [0.29, 0.717) is 0 Å². The van der Waals surface area contributed by atoms with E-state index in [0.717, 1.165) is 0 Å². The molecule has 0 N–H and O–H groups in total. The third kappa shape index (κ3) is 3.40. The van der Waals surface area contributed by atoms with Crippen LogP contribution < -0.4 is 0 Å². The molecule has 0 heterocycles. The SMILES string of the molecule is CC(I)[C@](C)(F)/C=C/Cl. The Morgan fingerprint density at radius 2 is 2.22 bits per heavy atom. The second-order valence-corrected chi connectivity index (χ2v) is 4.18. The van der Waals surface area contributed by atoms with Gasteiger partial charge in [0.25, 0.3) is 0 Å². The standard InChI is InChI=1S/C6H9ClFI/c1-5(9)6(2,8)3-4-7/h3-5H,1-2H3/b4-3+/t5?,6-/m1/s1. The largest absolute Gasteiger partial charge is 0.238 e. The van der Waals surface area contributed by atoms with E-state index in [1.54, 1.807) is 6.92 Å². The summed E-state index contributed by atoms with van der Waals surface area (Å²) in [4.78, 5) is 0. The second kappa shape index (κ2) is 3.76. The monoisotopic (exact) mass is 262 g/mol. The van der Waals surface area contributed by atoms with E-state index in [4.69, 9.17) is 11.6 Å². The predicted molar refractivity (Wildman–Crippen MR) is 48.0 cm³/mol. The first-order valence-corrected chi connectivity index (χ1v) is 4.30. The fourth-order valence-electron chi connectivity index (χ4n) is 0.256. The first kappa shape index (κ1) is 9.69. The molecule has 0 saturated carbocycles. The van der Waals surface area contributed by atoms with Gasteiger partial charge in [0.05, 0.1) is 0 Å². The molecule has 0 spiro atoms. The molecule has 0 bridgehead atoms. The summed E-state index contributed by atoms with van der Waals surface area (Å²) in [6.45, 7) is 3.31. The molecular weight excluding hydrogens is 253 g/mol. The summed E-state index contributed by atoms with van der Waals surface area (Å²) in [5.41, 5.74) is -0.0581. The van der Waals surface area contributed by atoms with Crippen LogP contribution in [0.2, 0.25) is 0 Å². The van der Waals surface area contributed by atoms with Gasteiger partial charge in [-0.25, -0.2) is 4.39 Å². The highest BCUT2D eigenvalue weighted by Gasteiger charge is 2.24. The molecule has 0 fully saturated rings. The number of hydrogen-bond acceptors (Lipinski definition) is 0. The Morgan fingerprint density at radius 3 is 2.33 bits per heavy atom. The lowest BCUT2D eigenvalue weighted by Crippen LogP contribution is -2.24. The maximum atomic E-state index is 13.0. The average Bonchev–Trinajstić information content (AvgIpc) is 1.65. The molecule has 0 saturated heterocycles. The van der Waals surface area contributed by atoms with Crippen LogP contribution in [0.3, 0.4) is 0 Å². The molecular formula is C6H9ClFI. The van der Waals surface area contributed by atoms with Crippen LogP contribution in [0, 0.1) is 0 Å². The van der Waals surface area contributed by atoms with Crippen molar-refractivity contribution in [2.75, 3.05) is 0 Å². The quantitative estimate of drug-likeness (QED) is 0.529. The zero-order chi connectivity index (χ0) is 7.49. The van der Waals surface area contributed by atoms with Crippen LogP contribution in [0.4, 0.5) is 4.39 Å². The van der Waals surface area contributed by atoms with Gasteiger partial charge in [0.2, 0.25) is 0 Å². The topological polar surface area (TPSA) is 0 Å². The van der Waals surface area contributed by atoms with Crippen molar-refractivity contribution in [3.05, 3.63) is 11.6 Å². The van der Waals surface area contributed by atoms with Gasteiger partial charge in [0, 0.05) is 9.46 Å². The van der Waals surface area contributed by atoms with Crippen molar-refractivity contribution in [3.63, 3.8) is 0 Å². The lowest BCUT2D eigenvalue weighted by molar-refractivity contribution is 0.265. The molecule has 0 radical (unpaired) electrons. The normalized spacial score (nSPS) is 21.9. The van der Waals surface area contributed by atoms with Crippen molar-refractivity contribution >= 4 is 34.2 Å². The van der Waals surface area contributed by atoms with Crippen molar-refractivity contribution in [1.29, 1.82) is 0 Å². The highest BCUT2D eigenvalue weighted by molar-refractivity contribution is 14.1. The fourth-order valence-corrected chi connectivity index (χ4v) is 0.710. The van der Waals surface area contributed by atoms with Crippen LogP contribution in [0.25, 0.3) is 0 Å². The van der Waals surface area contributed by atoms with Gasteiger partial charge in [-0.1, -0.05) is 34.2 Å². The molecule has 0 rings (SSSR count). The zero-order valence-electron chi connectivity index (χ0n) is 5.37. The molecule has 0 aliphatic heterocycles. The van der Waals surface area contributed by atoms with Crippen LogP contribution in [0.5, 0.6) is 0 Å². The van der Waals surface area contributed by atoms with Gasteiger partial charge >= 0.3 is 0 Å². The Bertz CT molecular complexity index is 110. The number of alkyl halides is 2. The smallest absolute Gasteiger partial charge is 0.138 e. The molecule has 0 aromatic carbocycles. The number of hydrogen-bond donors (Lipinski definition) is 0. The molecule has 0 aromatic heterocycles. The summed E-state index contributed by atoms with van der Waals surface area (Å²) < 4.78 is 13.0. The maximum Gasteiger partial charge on any atom is 0.138 e. The van der Waals surface area contributed by atoms with E-state index in [1.807, 2.05) is 22.6 Å². The van der Waals surface area contributed by atoms with Crippen molar-refractivity contribution < 1.29 is 4.39 Å². The van der Waals surface area contributed by atoms with Gasteiger partial charge in [-0.2, -0.15) is 0 Å². The van der Waals surface area contributed by atoms with E-state index in [-0.39, 0.29) is 3.92 Å². The third-order valence-corrected chi connectivity index (χ3v) is 2.51. The molecule has 0 aromatic rings. The summed E-state index contributed by atoms with van der Waals surface area (Å²) in [6.07, 6.45) is 1.35. The van der Waals surface area contributed by atoms with Crippen molar-refractivity contribution in [1.82, 2.24) is 0 Å². The molecule has 54 valence electrons. The van der Waals surface area contributed by atoms with E-state index >= 15 is 0 Å². The first-order valence-electron chi connectivity index (χ1n) is 2.61. The van der Waals surface area contributed by atoms with Crippen molar-refractivity contribution in [2.24, 2.45) is 0 Å². The fraction of sp³-hybridized carbons (Fsp3) is 0.667. The van der Waals surface area contributed by atoms with E-state index in [9.17, 15) is 4.39 Å². The highest BCUT2D eigenvalue weighted by atomic mass is 127. The molecule has 2 atom stereocenters. The molecule has 1 unspecified atom stereocenters. The molecule has 0 amide bonds. The highest BCUT2D eigenvalue weighted by Crippen LogP contribution is 2.24. The summed E-state index contributed by atoms with van der Waals surface area (Å²) in [6, 6.07) is 0. The van der Waals surface area contributed by atoms with Gasteiger partial charge in [-0.15, -0.1) is 0 Å². The summed E-state index contributed by atoms with van der Waals surface area (Å²) in [5.74, 6) is 0. The van der Waals surface area contributed by atoms with Crippen LogP contribution in [-0.4, -0.2) is 9.59 Å². The van der Waals surface area contributed by atoms with Gasteiger partial charge < -0.3 is 0 Å². The average molecular weight is 262 g/mol. The Morgan fingerprint density at radius 1 is 1.78 bits per heavy atom. The van der Waals surface area contributed by atoms with E-state index < -0.39 is 5.67 Å². The predicted octanol–water partition coefficient (Wildman–Crippen LogP) is 3.29. The minimum atomic E-state index is -1.28. The summed E-state index contributed by atoms with van der Waals surface area (Å²) in [7, 11) is 0. The van der Waals surface area contributed by atoms with Crippen molar-refractivity contribution in [2.45, 2.75) is 23.4 Å². The van der Waals surface area contributed by atoms with Crippen LogP contribution in [0.1, 0.15) is 13.8 Å². The third-order valence-electron chi connectivity index (χ3n) is 1.17. The van der Waals surface area contributed by atoms with Crippen LogP contribution in [0.15, 0.2) is 11.6 Å². The number of rotatable bonds is 2. The molecule has 0 nitrogen and oxygen atoms in total.